The molecule has 0 radical (unpaired) electrons. The minimum absolute atomic E-state index is 0.0455. The van der Waals surface area contributed by atoms with E-state index in [9.17, 15) is 34.2 Å². The predicted octanol–water partition coefficient (Wildman–Crippen LogP) is 3.13. The van der Waals surface area contributed by atoms with Crippen LogP contribution in [0.5, 0.6) is 0 Å². The number of carboxylic acids is 2. The number of aliphatic hydroxyl groups excluding tert-OH is 1. The van der Waals surface area contributed by atoms with Crippen LogP contribution in [0.25, 0.3) is 0 Å². The maximum absolute atomic E-state index is 13.9. The fourth-order valence-corrected chi connectivity index (χ4v) is 10.6. The summed E-state index contributed by atoms with van der Waals surface area (Å²) in [5.41, 5.74) is 8.15. The van der Waals surface area contributed by atoms with Gasteiger partial charge in [0.1, 0.15) is 23.8 Å². The minimum Gasteiger partial charge on any atom is -0.480 e. The average molecular weight is 723 g/mol. The highest BCUT2D eigenvalue weighted by Crippen LogP contribution is 2.67. The number of nitrogens with zero attached hydrogens (tertiary/aromatic N) is 1. The van der Waals surface area contributed by atoms with Crippen molar-refractivity contribution in [1.29, 1.82) is 0 Å². The molecule has 6 atom stereocenters. The molecule has 1 aromatic rings. The lowest BCUT2D eigenvalue weighted by molar-refractivity contribution is -0.151. The Labute approximate surface area is 300 Å². The Morgan fingerprint density at radius 2 is 1.67 bits per heavy atom. The summed E-state index contributed by atoms with van der Waals surface area (Å²) in [4.78, 5) is 67.2. The number of hydrogen-bond acceptors (Lipinski definition) is 10. The summed E-state index contributed by atoms with van der Waals surface area (Å²) in [5.74, 6) is -4.78. The molecule has 5 aliphatic rings. The molecule has 51 heavy (non-hydrogen) atoms. The van der Waals surface area contributed by atoms with Gasteiger partial charge >= 0.3 is 17.9 Å². The van der Waals surface area contributed by atoms with Crippen molar-refractivity contribution in [2.45, 2.75) is 107 Å². The fraction of sp³-hybridized carbons (Fsp3) is 0.568. The van der Waals surface area contributed by atoms with Crippen molar-refractivity contribution in [2.24, 2.45) is 22.5 Å². The van der Waals surface area contributed by atoms with Gasteiger partial charge in [-0.15, -0.1) is 11.8 Å². The molecule has 1 aromatic heterocycles. The molecule has 1 saturated carbocycles. The number of carbonyl (C=O) groups is 5. The Kier molecular flexibility index (Phi) is 10.8. The molecule has 0 saturated heterocycles. The quantitative estimate of drug-likeness (QED) is 0.0983. The third kappa shape index (κ3) is 7.22. The van der Waals surface area contributed by atoms with Gasteiger partial charge in [0.25, 0.3) is 0 Å². The highest BCUT2D eigenvalue weighted by Gasteiger charge is 2.63. The third-order valence-electron chi connectivity index (χ3n) is 11.4. The van der Waals surface area contributed by atoms with Crippen LogP contribution in [0, 0.1) is 16.7 Å². The van der Waals surface area contributed by atoms with E-state index in [1.54, 1.807) is 12.4 Å². The van der Waals surface area contributed by atoms with Crippen molar-refractivity contribution < 1.29 is 44.0 Å². The van der Waals surface area contributed by atoms with Crippen molar-refractivity contribution in [3.05, 3.63) is 65.2 Å². The van der Waals surface area contributed by atoms with E-state index < -0.39 is 58.1 Å². The molecule has 1 fully saturated rings. The maximum Gasteiger partial charge on any atom is 0.353 e. The van der Waals surface area contributed by atoms with Crippen molar-refractivity contribution in [2.75, 3.05) is 5.75 Å². The summed E-state index contributed by atoms with van der Waals surface area (Å²) in [6.45, 7) is 0. The van der Waals surface area contributed by atoms with Gasteiger partial charge in [-0.1, -0.05) is 55.9 Å². The molecule has 7 N–H and O–H groups in total. The number of hydrogen-bond donors (Lipinski definition) is 6. The molecular formula is C37H46N4O9S. The molecular weight excluding hydrogens is 676 g/mol. The van der Waals surface area contributed by atoms with Crippen LogP contribution < -0.4 is 16.4 Å². The first kappa shape index (κ1) is 36.8. The molecule has 14 heteroatoms. The molecule has 6 rings (SSSR count). The van der Waals surface area contributed by atoms with Gasteiger partial charge in [-0.3, -0.25) is 24.2 Å². The minimum atomic E-state index is -2.21. The molecule has 2 bridgehead atoms. The second kappa shape index (κ2) is 14.9. The normalized spacial score (nSPS) is 27.9. The third-order valence-corrected chi connectivity index (χ3v) is 13.1. The summed E-state index contributed by atoms with van der Waals surface area (Å²) in [7, 11) is 0. The van der Waals surface area contributed by atoms with E-state index in [4.69, 9.17) is 15.6 Å². The standard InChI is InChI=1S/C37H46N4O9S/c38-25(32(45)46)6-7-27(42)40-26(30(43)41-31(44)33(47)48)21-51-37-15-14-35(10-2-1-3-11-36(37)12-4-5-13-36)20-23(18-22-8-16-39-17-9-22)19-24-28(35)29(37)50-34(24)49/h8-9,14-17,19,24-26,31,44H,1-7,10-13,18,20-21,38H2,(H,40,42)(H,41,43)(H,45,46)(H,47,48)/t24-,25+,26+,31+,35+,37+/m1/s1. The molecule has 2 spiro atoms. The largest absolute Gasteiger partial charge is 0.480 e. The summed E-state index contributed by atoms with van der Waals surface area (Å²) in [5, 5.41) is 33.1. The van der Waals surface area contributed by atoms with Gasteiger partial charge < -0.3 is 36.4 Å². The number of nitrogens with two attached hydrogens (primary N) is 1. The molecule has 1 aliphatic heterocycles. The monoisotopic (exact) mass is 722 g/mol. The number of rotatable bonds is 13. The molecule has 2 amide bonds. The van der Waals surface area contributed by atoms with Gasteiger partial charge in [-0.25, -0.2) is 4.79 Å². The zero-order valence-corrected chi connectivity index (χ0v) is 29.3. The predicted molar refractivity (Wildman–Crippen MR) is 187 cm³/mol. The first-order valence-corrected chi connectivity index (χ1v) is 18.8. The topological polar surface area (TPSA) is 218 Å². The molecule has 13 nitrogen and oxygen atoms in total. The van der Waals surface area contributed by atoms with Crippen LogP contribution >= 0.6 is 11.8 Å². The Morgan fingerprint density at radius 1 is 0.980 bits per heavy atom. The number of aliphatic carboxylic acids is 2. The summed E-state index contributed by atoms with van der Waals surface area (Å²) < 4.78 is 5.56. The zero-order chi connectivity index (χ0) is 36.4. The number of ether oxygens (including phenoxy) is 1. The molecule has 0 unspecified atom stereocenters. The van der Waals surface area contributed by atoms with Crippen LogP contribution in [-0.4, -0.2) is 78.8 Å². The summed E-state index contributed by atoms with van der Waals surface area (Å²) in [6, 6.07) is 1.38. The number of carboxylic acid groups (broad SMARTS) is 2. The van der Waals surface area contributed by atoms with Crippen molar-refractivity contribution in [3.8, 4) is 0 Å². The number of aromatic nitrogens is 1. The van der Waals surface area contributed by atoms with Crippen molar-refractivity contribution in [1.82, 2.24) is 15.6 Å². The molecule has 4 aliphatic carbocycles. The van der Waals surface area contributed by atoms with E-state index >= 15 is 0 Å². The number of esters is 1. The Balaban J connectivity index is 1.38. The number of carbonyl (C=O) groups excluding carboxylic acids is 3. The summed E-state index contributed by atoms with van der Waals surface area (Å²) >= 11 is 1.40. The van der Waals surface area contributed by atoms with Gasteiger partial charge in [0, 0.05) is 30.0 Å². The van der Waals surface area contributed by atoms with Gasteiger partial charge in [0.15, 0.2) is 0 Å². The number of thioether (sulfide) groups is 1. The van der Waals surface area contributed by atoms with E-state index in [1.165, 1.54) is 17.3 Å². The highest BCUT2D eigenvalue weighted by molar-refractivity contribution is 8.01. The van der Waals surface area contributed by atoms with E-state index in [1.807, 2.05) is 12.1 Å². The number of aliphatic hydroxyl groups is 1. The van der Waals surface area contributed by atoms with E-state index in [0.717, 1.165) is 75.3 Å². The molecule has 274 valence electrons. The molecule has 2 heterocycles. The Bertz CT molecular complexity index is 1660. The Morgan fingerprint density at radius 3 is 2.35 bits per heavy atom. The highest BCUT2D eigenvalue weighted by atomic mass is 32.2. The number of nitrogens with one attached hydrogen (secondary N) is 2. The van der Waals surface area contributed by atoms with Gasteiger partial charge in [0.2, 0.25) is 18.0 Å². The molecule has 0 aromatic carbocycles. The lowest BCUT2D eigenvalue weighted by Gasteiger charge is -2.53. The van der Waals surface area contributed by atoms with Gasteiger partial charge in [-0.2, -0.15) is 0 Å². The van der Waals surface area contributed by atoms with Crippen LogP contribution in [0.2, 0.25) is 0 Å². The SMILES string of the molecule is N[C@@H](CCC(=O)N[C@@H](CS[C@]12C=C[C@@]3(CCCCCC14CCCC4)CC(Cc1ccncc1)=C[C@H]1C(=O)OC2=C13)C(=O)N[C@@H](O)C(=O)O)C(=O)O. The van der Waals surface area contributed by atoms with Crippen molar-refractivity contribution >= 4 is 41.5 Å². The van der Waals surface area contributed by atoms with E-state index in [-0.39, 0.29) is 30.0 Å². The van der Waals surface area contributed by atoms with E-state index in [2.05, 4.69) is 33.8 Å². The lowest BCUT2D eigenvalue weighted by atomic mass is 9.56. The maximum atomic E-state index is 13.9. The zero-order valence-electron chi connectivity index (χ0n) is 28.5. The Hall–Kier alpha value is -4.01. The van der Waals surface area contributed by atoms with Gasteiger partial charge in [-0.05, 0) is 73.6 Å². The second-order valence-corrected chi connectivity index (χ2v) is 15.9. The van der Waals surface area contributed by atoms with Crippen molar-refractivity contribution in [3.63, 3.8) is 0 Å². The van der Waals surface area contributed by atoms with E-state index in [0.29, 0.717) is 12.2 Å². The van der Waals surface area contributed by atoms with Crippen LogP contribution in [0.1, 0.15) is 82.6 Å². The number of pyridine rings is 1. The van der Waals surface area contributed by atoms with Gasteiger partial charge in [0.05, 0.1) is 4.75 Å². The average Bonchev–Trinajstić information content (AvgIpc) is 3.72. The smallest absolute Gasteiger partial charge is 0.353 e. The second-order valence-electron chi connectivity index (χ2n) is 14.6. The van der Waals surface area contributed by atoms with Crippen LogP contribution in [0.15, 0.2) is 59.7 Å². The first-order chi connectivity index (χ1) is 24.4. The fourth-order valence-electron chi connectivity index (χ4n) is 8.92. The first-order valence-electron chi connectivity index (χ1n) is 17.8. The lowest BCUT2D eigenvalue weighted by Crippen LogP contribution is -2.54. The van der Waals surface area contributed by atoms with Crippen LogP contribution in [0.4, 0.5) is 0 Å². The number of fused-ring (bicyclic) bond motifs is 3. The van der Waals surface area contributed by atoms with Crippen LogP contribution in [-0.2, 0) is 35.1 Å². The number of amides is 2. The number of allylic oxidation sites excluding steroid dienone is 2. The summed E-state index contributed by atoms with van der Waals surface area (Å²) in [6.07, 6.45) is 17.4. The van der Waals surface area contributed by atoms with Crippen LogP contribution in [0.3, 0.4) is 0 Å².